The maximum absolute atomic E-state index is 13.2. The first-order chi connectivity index (χ1) is 8.60. The maximum atomic E-state index is 13.2. The van der Waals surface area contributed by atoms with Gasteiger partial charge in [-0.1, -0.05) is 18.5 Å². The van der Waals surface area contributed by atoms with Crippen molar-refractivity contribution in [1.29, 1.82) is 0 Å². The smallest absolute Gasteiger partial charge is 0.138 e. The number of carbonyl (C=O) groups is 1. The van der Waals surface area contributed by atoms with Crippen molar-refractivity contribution in [2.24, 2.45) is 5.92 Å². The number of halogens is 2. The molecule has 1 unspecified atom stereocenters. The monoisotopic (exact) mass is 269 g/mol. The van der Waals surface area contributed by atoms with E-state index in [1.165, 1.54) is 12.1 Å². The van der Waals surface area contributed by atoms with Crippen LogP contribution >= 0.6 is 11.6 Å². The van der Waals surface area contributed by atoms with Crippen LogP contribution in [0.4, 0.5) is 4.39 Å². The molecule has 1 atom stereocenters. The minimum atomic E-state index is -0.269. The van der Waals surface area contributed by atoms with Gasteiger partial charge in [0.1, 0.15) is 11.6 Å². The molecule has 2 rings (SSSR count). The summed E-state index contributed by atoms with van der Waals surface area (Å²) in [7, 11) is 0. The number of ketones is 1. The molecule has 98 valence electrons. The summed E-state index contributed by atoms with van der Waals surface area (Å²) in [6.45, 7) is 4.13. The zero-order valence-electron chi connectivity index (χ0n) is 10.5. The van der Waals surface area contributed by atoms with E-state index in [1.54, 1.807) is 6.07 Å². The summed E-state index contributed by atoms with van der Waals surface area (Å²) in [5.74, 6) is 0.194. The molecule has 2 nitrogen and oxygen atoms in total. The average Bonchev–Trinajstić information content (AvgIpc) is 2.36. The van der Waals surface area contributed by atoms with Crippen LogP contribution in [-0.2, 0) is 11.3 Å². The summed E-state index contributed by atoms with van der Waals surface area (Å²) in [6.07, 6.45) is 1.46. The predicted molar refractivity (Wildman–Crippen MR) is 70.1 cm³/mol. The molecule has 0 amide bonds. The molecule has 1 aromatic carbocycles. The topological polar surface area (TPSA) is 20.3 Å². The van der Waals surface area contributed by atoms with E-state index < -0.39 is 0 Å². The van der Waals surface area contributed by atoms with Crippen molar-refractivity contribution >= 4 is 17.4 Å². The van der Waals surface area contributed by atoms with Gasteiger partial charge in [-0.25, -0.2) is 4.39 Å². The highest BCUT2D eigenvalue weighted by molar-refractivity contribution is 6.31. The molecule has 1 fully saturated rings. The number of nitrogens with zero attached hydrogens (tertiary/aromatic N) is 1. The Bertz CT molecular complexity index is 449. The van der Waals surface area contributed by atoms with E-state index in [2.05, 4.69) is 4.90 Å². The number of carbonyl (C=O) groups excluding carboxylic acids is 1. The Kier molecular flexibility index (Phi) is 4.36. The Morgan fingerprint density at radius 2 is 2.28 bits per heavy atom. The van der Waals surface area contributed by atoms with Gasteiger partial charge < -0.3 is 0 Å². The molecule has 1 aliphatic rings. The van der Waals surface area contributed by atoms with Gasteiger partial charge in [0.15, 0.2) is 0 Å². The summed E-state index contributed by atoms with van der Waals surface area (Å²) >= 11 is 6.05. The number of Topliss-reactive ketones (excluding diaryl/α,β-unsaturated/α-hetero) is 1. The molecule has 1 saturated heterocycles. The van der Waals surface area contributed by atoms with Crippen molar-refractivity contribution in [2.45, 2.75) is 26.3 Å². The standard InChI is InChI=1S/C14H17ClFNO/c1-2-10-8-17(6-5-14(10)18)9-11-7-12(16)3-4-13(11)15/h3-4,7,10H,2,5-6,8-9H2,1H3. The van der Waals surface area contributed by atoms with Gasteiger partial charge in [-0.2, -0.15) is 0 Å². The summed E-state index contributed by atoms with van der Waals surface area (Å²) < 4.78 is 13.2. The second-order valence-corrected chi connectivity index (χ2v) is 5.20. The highest BCUT2D eigenvalue weighted by Crippen LogP contribution is 2.22. The van der Waals surface area contributed by atoms with E-state index in [1.807, 2.05) is 6.92 Å². The summed E-state index contributed by atoms with van der Waals surface area (Å²) in [5.41, 5.74) is 0.792. The lowest BCUT2D eigenvalue weighted by Gasteiger charge is -2.31. The van der Waals surface area contributed by atoms with E-state index in [9.17, 15) is 9.18 Å². The van der Waals surface area contributed by atoms with E-state index in [4.69, 9.17) is 11.6 Å². The van der Waals surface area contributed by atoms with Crippen molar-refractivity contribution in [2.75, 3.05) is 13.1 Å². The molecule has 0 aromatic heterocycles. The molecule has 0 aliphatic carbocycles. The zero-order valence-corrected chi connectivity index (χ0v) is 11.2. The van der Waals surface area contributed by atoms with Gasteiger partial charge in [0.25, 0.3) is 0 Å². The fourth-order valence-corrected chi connectivity index (χ4v) is 2.56. The number of benzene rings is 1. The number of likely N-dealkylation sites (tertiary alicyclic amines) is 1. The second kappa shape index (κ2) is 5.81. The molecule has 1 aromatic rings. The summed E-state index contributed by atoms with van der Waals surface area (Å²) in [6, 6.07) is 4.42. The van der Waals surface area contributed by atoms with Crippen LogP contribution in [0, 0.1) is 11.7 Å². The van der Waals surface area contributed by atoms with Gasteiger partial charge in [0.2, 0.25) is 0 Å². The molecule has 1 heterocycles. The molecular formula is C14H17ClFNO. The number of piperidine rings is 1. The van der Waals surface area contributed by atoms with Gasteiger partial charge in [0, 0.05) is 37.0 Å². The van der Waals surface area contributed by atoms with E-state index in [0.717, 1.165) is 25.1 Å². The number of hydrogen-bond donors (Lipinski definition) is 0. The van der Waals surface area contributed by atoms with Gasteiger partial charge in [0.05, 0.1) is 0 Å². The van der Waals surface area contributed by atoms with Crippen molar-refractivity contribution in [3.8, 4) is 0 Å². The van der Waals surface area contributed by atoms with Gasteiger partial charge in [-0.05, 0) is 30.2 Å². The lowest BCUT2D eigenvalue weighted by Crippen LogP contribution is -2.40. The molecule has 0 saturated carbocycles. The first-order valence-corrected chi connectivity index (χ1v) is 6.67. The van der Waals surface area contributed by atoms with Crippen molar-refractivity contribution in [1.82, 2.24) is 4.90 Å². The van der Waals surface area contributed by atoms with E-state index >= 15 is 0 Å². The van der Waals surface area contributed by atoms with Gasteiger partial charge in [-0.3, -0.25) is 9.69 Å². The Hall–Kier alpha value is -0.930. The van der Waals surface area contributed by atoms with Crippen LogP contribution in [-0.4, -0.2) is 23.8 Å². The first-order valence-electron chi connectivity index (χ1n) is 6.29. The predicted octanol–water partition coefficient (Wildman–Crippen LogP) is 3.28. The Morgan fingerprint density at radius 3 is 3.00 bits per heavy atom. The number of hydrogen-bond acceptors (Lipinski definition) is 2. The second-order valence-electron chi connectivity index (χ2n) is 4.79. The Morgan fingerprint density at radius 1 is 1.50 bits per heavy atom. The quantitative estimate of drug-likeness (QED) is 0.839. The fraction of sp³-hybridized carbons (Fsp3) is 0.500. The molecule has 0 spiro atoms. The largest absolute Gasteiger partial charge is 0.299 e. The summed E-state index contributed by atoms with van der Waals surface area (Å²) in [5, 5.41) is 0.585. The normalized spacial score (nSPS) is 21.3. The van der Waals surface area contributed by atoms with Crippen molar-refractivity contribution in [3.05, 3.63) is 34.6 Å². The zero-order chi connectivity index (χ0) is 13.1. The Balaban J connectivity index is 2.05. The summed E-state index contributed by atoms with van der Waals surface area (Å²) in [4.78, 5) is 13.8. The fourth-order valence-electron chi connectivity index (χ4n) is 2.38. The minimum absolute atomic E-state index is 0.117. The number of rotatable bonds is 3. The molecule has 0 radical (unpaired) electrons. The lowest BCUT2D eigenvalue weighted by molar-refractivity contribution is -0.126. The van der Waals surface area contributed by atoms with Crippen LogP contribution in [0.15, 0.2) is 18.2 Å². The SMILES string of the molecule is CCC1CN(Cc2cc(F)ccc2Cl)CCC1=O. The third-order valence-electron chi connectivity index (χ3n) is 3.50. The molecule has 0 bridgehead atoms. The molecular weight excluding hydrogens is 253 g/mol. The van der Waals surface area contributed by atoms with Gasteiger partial charge in [-0.15, -0.1) is 0 Å². The third-order valence-corrected chi connectivity index (χ3v) is 3.87. The van der Waals surface area contributed by atoms with E-state index in [0.29, 0.717) is 23.8 Å². The van der Waals surface area contributed by atoms with Crippen molar-refractivity contribution in [3.63, 3.8) is 0 Å². The molecule has 18 heavy (non-hydrogen) atoms. The van der Waals surface area contributed by atoms with Crippen LogP contribution in [0.5, 0.6) is 0 Å². The lowest BCUT2D eigenvalue weighted by atomic mass is 9.94. The molecule has 4 heteroatoms. The highest BCUT2D eigenvalue weighted by Gasteiger charge is 2.25. The van der Waals surface area contributed by atoms with Crippen LogP contribution in [0.1, 0.15) is 25.3 Å². The minimum Gasteiger partial charge on any atom is -0.299 e. The Labute approximate surface area is 112 Å². The highest BCUT2D eigenvalue weighted by atomic mass is 35.5. The van der Waals surface area contributed by atoms with Crippen molar-refractivity contribution < 1.29 is 9.18 Å². The van der Waals surface area contributed by atoms with Crippen LogP contribution < -0.4 is 0 Å². The average molecular weight is 270 g/mol. The molecule has 1 aliphatic heterocycles. The maximum Gasteiger partial charge on any atom is 0.138 e. The van der Waals surface area contributed by atoms with Crippen LogP contribution in [0.2, 0.25) is 5.02 Å². The van der Waals surface area contributed by atoms with E-state index in [-0.39, 0.29) is 11.7 Å². The first kappa shape index (κ1) is 13.5. The van der Waals surface area contributed by atoms with Crippen LogP contribution in [0.3, 0.4) is 0 Å². The van der Waals surface area contributed by atoms with Crippen LogP contribution in [0.25, 0.3) is 0 Å². The molecule has 0 N–H and O–H groups in total. The third kappa shape index (κ3) is 3.09. The van der Waals surface area contributed by atoms with Gasteiger partial charge >= 0.3 is 0 Å².